The third-order valence-corrected chi connectivity index (χ3v) is 2.94. The van der Waals surface area contributed by atoms with E-state index in [9.17, 15) is 4.79 Å². The van der Waals surface area contributed by atoms with Gasteiger partial charge in [0.15, 0.2) is 0 Å². The van der Waals surface area contributed by atoms with Crippen molar-refractivity contribution in [3.63, 3.8) is 0 Å². The fourth-order valence-electron chi connectivity index (χ4n) is 1.85. The van der Waals surface area contributed by atoms with Gasteiger partial charge in [0.05, 0.1) is 18.9 Å². The van der Waals surface area contributed by atoms with E-state index in [1.54, 1.807) is 10.7 Å². The van der Waals surface area contributed by atoms with Gasteiger partial charge in [0.25, 0.3) is 5.91 Å². The van der Waals surface area contributed by atoms with Crippen LogP contribution in [0.5, 0.6) is 0 Å². The third-order valence-electron chi connectivity index (χ3n) is 2.94. The second-order valence-electron chi connectivity index (χ2n) is 4.66. The molecule has 1 heterocycles. The van der Waals surface area contributed by atoms with Crippen LogP contribution in [-0.4, -0.2) is 57.1 Å². The first-order valence-electron chi connectivity index (χ1n) is 6.63. The molecule has 0 saturated carbocycles. The van der Waals surface area contributed by atoms with Gasteiger partial charge in [-0.3, -0.25) is 9.48 Å². The molecule has 0 bridgehead atoms. The van der Waals surface area contributed by atoms with E-state index in [1.807, 2.05) is 20.8 Å². The number of aryl methyl sites for hydroxylation is 1. The van der Waals surface area contributed by atoms with Crippen molar-refractivity contribution < 1.29 is 15.0 Å². The molecule has 1 rings (SSSR count). The molecule has 0 unspecified atom stereocenters. The van der Waals surface area contributed by atoms with Crippen molar-refractivity contribution in [2.45, 2.75) is 33.2 Å². The molecule has 0 atom stereocenters. The summed E-state index contributed by atoms with van der Waals surface area (Å²) >= 11 is 0. The van der Waals surface area contributed by atoms with Gasteiger partial charge in [0, 0.05) is 19.6 Å². The highest BCUT2D eigenvalue weighted by atomic mass is 16.3. The van der Waals surface area contributed by atoms with Crippen LogP contribution in [0.3, 0.4) is 0 Å². The Morgan fingerprint density at radius 1 is 1.37 bits per heavy atom. The monoisotopic (exact) mass is 269 g/mol. The second-order valence-corrected chi connectivity index (χ2v) is 4.66. The molecule has 19 heavy (non-hydrogen) atoms. The zero-order valence-corrected chi connectivity index (χ0v) is 11.8. The Bertz CT molecular complexity index is 409. The van der Waals surface area contributed by atoms with Crippen molar-refractivity contribution >= 4 is 5.91 Å². The van der Waals surface area contributed by atoms with Crippen molar-refractivity contribution in [3.8, 4) is 0 Å². The standard InChI is InChI=1S/C13H23N3O3/c1-4-16-12(9-11(14-16)10(2)3)13(19)15(5-7-17)6-8-18/h9-10,17-18H,4-8H2,1-3H3. The summed E-state index contributed by atoms with van der Waals surface area (Å²) in [5.74, 6) is 0.0489. The number of aliphatic hydroxyl groups excluding tert-OH is 2. The number of carbonyl (C=O) groups excluding carboxylic acids is 1. The number of hydrogen-bond acceptors (Lipinski definition) is 4. The summed E-state index contributed by atoms with van der Waals surface area (Å²) in [6.07, 6.45) is 0. The van der Waals surface area contributed by atoms with E-state index in [4.69, 9.17) is 10.2 Å². The molecular weight excluding hydrogens is 246 g/mol. The maximum Gasteiger partial charge on any atom is 0.272 e. The summed E-state index contributed by atoms with van der Waals surface area (Å²) in [5, 5.41) is 22.4. The predicted molar refractivity (Wildman–Crippen MR) is 72.1 cm³/mol. The second kappa shape index (κ2) is 7.25. The summed E-state index contributed by atoms with van der Waals surface area (Å²) < 4.78 is 1.67. The fourth-order valence-corrected chi connectivity index (χ4v) is 1.85. The molecule has 2 N–H and O–H groups in total. The minimum absolute atomic E-state index is 0.122. The topological polar surface area (TPSA) is 78.6 Å². The zero-order chi connectivity index (χ0) is 14.4. The number of aliphatic hydroxyl groups is 2. The Balaban J connectivity index is 3.01. The molecule has 0 aromatic carbocycles. The molecule has 108 valence electrons. The maximum atomic E-state index is 12.4. The van der Waals surface area contributed by atoms with Crippen LogP contribution < -0.4 is 0 Å². The smallest absolute Gasteiger partial charge is 0.272 e. The normalized spacial score (nSPS) is 11.1. The number of hydrogen-bond donors (Lipinski definition) is 2. The highest BCUT2D eigenvalue weighted by molar-refractivity contribution is 5.92. The third kappa shape index (κ3) is 3.78. The quantitative estimate of drug-likeness (QED) is 0.753. The van der Waals surface area contributed by atoms with Gasteiger partial charge in [-0.1, -0.05) is 13.8 Å². The summed E-state index contributed by atoms with van der Waals surface area (Å²) in [6, 6.07) is 1.79. The Morgan fingerprint density at radius 2 is 1.95 bits per heavy atom. The molecule has 6 nitrogen and oxygen atoms in total. The first-order chi connectivity index (χ1) is 9.04. The summed E-state index contributed by atoms with van der Waals surface area (Å²) in [6.45, 7) is 6.77. The van der Waals surface area contributed by atoms with Gasteiger partial charge < -0.3 is 15.1 Å². The van der Waals surface area contributed by atoms with Gasteiger partial charge in [0.1, 0.15) is 5.69 Å². The van der Waals surface area contributed by atoms with Crippen LogP contribution >= 0.6 is 0 Å². The van der Waals surface area contributed by atoms with Gasteiger partial charge in [-0.2, -0.15) is 5.10 Å². The highest BCUT2D eigenvalue weighted by Gasteiger charge is 2.21. The van der Waals surface area contributed by atoms with Gasteiger partial charge in [-0.25, -0.2) is 0 Å². The number of carbonyl (C=O) groups is 1. The Morgan fingerprint density at radius 3 is 2.37 bits per heavy atom. The predicted octanol–water partition coefficient (Wildman–Crippen LogP) is 0.453. The molecule has 1 aromatic rings. The lowest BCUT2D eigenvalue weighted by molar-refractivity contribution is 0.0672. The van der Waals surface area contributed by atoms with E-state index in [2.05, 4.69) is 5.10 Å². The van der Waals surface area contributed by atoms with Crippen LogP contribution in [0.4, 0.5) is 0 Å². The molecule has 0 fully saturated rings. The molecule has 0 saturated heterocycles. The van der Waals surface area contributed by atoms with Crippen LogP contribution in [0.1, 0.15) is 42.9 Å². The van der Waals surface area contributed by atoms with Crippen LogP contribution in [0.15, 0.2) is 6.07 Å². The Hall–Kier alpha value is -1.40. The molecule has 0 aliphatic heterocycles. The van der Waals surface area contributed by atoms with E-state index in [1.165, 1.54) is 4.90 Å². The number of nitrogens with zero attached hydrogens (tertiary/aromatic N) is 3. The molecule has 1 amide bonds. The SMILES string of the molecule is CCn1nc(C(C)C)cc1C(=O)N(CCO)CCO. The Labute approximate surface area is 113 Å². The van der Waals surface area contributed by atoms with Crippen molar-refractivity contribution in [3.05, 3.63) is 17.5 Å². The maximum absolute atomic E-state index is 12.4. The summed E-state index contributed by atoms with van der Waals surface area (Å²) in [5.41, 5.74) is 1.38. The van der Waals surface area contributed by atoms with Gasteiger partial charge in [-0.15, -0.1) is 0 Å². The van der Waals surface area contributed by atoms with E-state index in [0.29, 0.717) is 12.2 Å². The highest BCUT2D eigenvalue weighted by Crippen LogP contribution is 2.16. The largest absolute Gasteiger partial charge is 0.395 e. The number of amides is 1. The lowest BCUT2D eigenvalue weighted by Crippen LogP contribution is -2.37. The fraction of sp³-hybridized carbons (Fsp3) is 0.692. The van der Waals surface area contributed by atoms with E-state index < -0.39 is 0 Å². The minimum Gasteiger partial charge on any atom is -0.395 e. The summed E-state index contributed by atoms with van der Waals surface area (Å²) in [4.78, 5) is 13.8. The molecule has 6 heteroatoms. The van der Waals surface area contributed by atoms with Crippen LogP contribution in [-0.2, 0) is 6.54 Å². The number of aromatic nitrogens is 2. The molecule has 0 aliphatic carbocycles. The molecule has 1 aromatic heterocycles. The van der Waals surface area contributed by atoms with Crippen molar-refractivity contribution in [2.24, 2.45) is 0 Å². The minimum atomic E-state index is -0.204. The van der Waals surface area contributed by atoms with E-state index in [-0.39, 0.29) is 38.1 Å². The molecular formula is C13H23N3O3. The van der Waals surface area contributed by atoms with Crippen molar-refractivity contribution in [1.82, 2.24) is 14.7 Å². The van der Waals surface area contributed by atoms with E-state index >= 15 is 0 Å². The first-order valence-corrected chi connectivity index (χ1v) is 6.63. The first kappa shape index (κ1) is 15.7. The molecule has 0 aliphatic rings. The van der Waals surface area contributed by atoms with Crippen molar-refractivity contribution in [2.75, 3.05) is 26.3 Å². The van der Waals surface area contributed by atoms with Crippen LogP contribution in [0, 0.1) is 0 Å². The summed E-state index contributed by atoms with van der Waals surface area (Å²) in [7, 11) is 0. The zero-order valence-electron chi connectivity index (χ0n) is 11.8. The van der Waals surface area contributed by atoms with Crippen LogP contribution in [0.25, 0.3) is 0 Å². The molecule has 0 radical (unpaired) electrons. The average molecular weight is 269 g/mol. The lowest BCUT2D eigenvalue weighted by Gasteiger charge is -2.20. The average Bonchev–Trinajstić information content (AvgIpc) is 2.82. The van der Waals surface area contributed by atoms with Gasteiger partial charge in [0.2, 0.25) is 0 Å². The van der Waals surface area contributed by atoms with Crippen molar-refractivity contribution in [1.29, 1.82) is 0 Å². The lowest BCUT2D eigenvalue weighted by atomic mass is 10.1. The molecule has 0 spiro atoms. The Kier molecular flexibility index (Phi) is 5.98. The van der Waals surface area contributed by atoms with Gasteiger partial charge in [-0.05, 0) is 18.9 Å². The van der Waals surface area contributed by atoms with E-state index in [0.717, 1.165) is 5.69 Å². The van der Waals surface area contributed by atoms with Gasteiger partial charge >= 0.3 is 0 Å². The number of rotatable bonds is 7. The van der Waals surface area contributed by atoms with Crippen LogP contribution in [0.2, 0.25) is 0 Å².